The third-order valence-corrected chi connectivity index (χ3v) is 10.1. The molecule has 1 spiro atoms. The first-order valence-electron chi connectivity index (χ1n) is 16.5. The Morgan fingerprint density at radius 2 is 1.60 bits per heavy atom. The van der Waals surface area contributed by atoms with Gasteiger partial charge in [0.1, 0.15) is 17.3 Å². The number of aromatic carboxylic acids is 1. The van der Waals surface area contributed by atoms with Crippen LogP contribution in [0.15, 0.2) is 72.8 Å². The van der Waals surface area contributed by atoms with Gasteiger partial charge in [-0.25, -0.2) is 4.79 Å². The topological polar surface area (TPSA) is 129 Å². The number of hydrogen-bond acceptors (Lipinski definition) is 7. The van der Waals surface area contributed by atoms with Gasteiger partial charge in [-0.05, 0) is 73.1 Å². The second kappa shape index (κ2) is 14.1. The summed E-state index contributed by atoms with van der Waals surface area (Å²) in [6, 6.07) is 21.0. The second-order valence-electron chi connectivity index (χ2n) is 13.0. The lowest BCUT2D eigenvalue weighted by Gasteiger charge is -2.52. The Kier molecular flexibility index (Phi) is 9.79. The van der Waals surface area contributed by atoms with Crippen molar-refractivity contribution in [2.24, 2.45) is 5.92 Å². The van der Waals surface area contributed by atoms with E-state index < -0.39 is 23.7 Å². The third kappa shape index (κ3) is 6.99. The van der Waals surface area contributed by atoms with Gasteiger partial charge in [-0.2, -0.15) is 0 Å². The van der Waals surface area contributed by atoms with E-state index in [1.165, 1.54) is 19.2 Å². The molecule has 2 amide bonds. The van der Waals surface area contributed by atoms with E-state index in [4.69, 9.17) is 9.47 Å². The smallest absolute Gasteiger partial charge is 0.335 e. The molecule has 47 heavy (non-hydrogen) atoms. The van der Waals surface area contributed by atoms with Crippen LogP contribution >= 0.6 is 0 Å². The summed E-state index contributed by atoms with van der Waals surface area (Å²) in [5.41, 5.74) is 1.17. The molecule has 0 bridgehead atoms. The molecular weight excluding hydrogens is 598 g/mol. The minimum Gasteiger partial charge on any atom is -0.493 e. The molecule has 248 valence electrons. The second-order valence-corrected chi connectivity index (χ2v) is 13.0. The summed E-state index contributed by atoms with van der Waals surface area (Å²) in [4.78, 5) is 43.5. The van der Waals surface area contributed by atoms with Crippen LogP contribution in [0, 0.1) is 5.92 Å². The van der Waals surface area contributed by atoms with Gasteiger partial charge >= 0.3 is 5.97 Å². The minimum atomic E-state index is -1.04. The molecule has 0 unspecified atom stereocenters. The van der Waals surface area contributed by atoms with E-state index in [9.17, 15) is 24.6 Å². The van der Waals surface area contributed by atoms with Crippen molar-refractivity contribution in [2.75, 3.05) is 20.2 Å². The van der Waals surface area contributed by atoms with E-state index in [0.29, 0.717) is 56.3 Å². The van der Waals surface area contributed by atoms with Gasteiger partial charge in [-0.1, -0.05) is 61.7 Å². The third-order valence-electron chi connectivity index (χ3n) is 10.1. The Morgan fingerprint density at radius 1 is 0.915 bits per heavy atom. The normalized spacial score (nSPS) is 20.9. The lowest BCUT2D eigenvalue weighted by Crippen LogP contribution is -2.74. The van der Waals surface area contributed by atoms with Gasteiger partial charge in [0.25, 0.3) is 0 Å². The minimum absolute atomic E-state index is 0.0174. The number of carboxylic acid groups (broad SMARTS) is 1. The number of carboxylic acids is 1. The Balaban J connectivity index is 1.13. The lowest BCUT2D eigenvalue weighted by molar-refractivity contribution is -0.167. The highest BCUT2D eigenvalue weighted by Crippen LogP contribution is 2.38. The average Bonchev–Trinajstić information content (AvgIpc) is 3.10. The zero-order valence-electron chi connectivity index (χ0n) is 26.8. The number of nitrogens with one attached hydrogen (secondary N) is 1. The van der Waals surface area contributed by atoms with Gasteiger partial charge < -0.3 is 29.9 Å². The van der Waals surface area contributed by atoms with Crippen molar-refractivity contribution in [3.63, 3.8) is 0 Å². The van der Waals surface area contributed by atoms with Crippen LogP contribution in [-0.2, 0) is 22.7 Å². The van der Waals surface area contributed by atoms with Crippen LogP contribution in [0.2, 0.25) is 0 Å². The zero-order chi connectivity index (χ0) is 33.0. The lowest BCUT2D eigenvalue weighted by atomic mass is 9.77. The van der Waals surface area contributed by atoms with Gasteiger partial charge in [-0.15, -0.1) is 0 Å². The number of rotatable bonds is 10. The van der Waals surface area contributed by atoms with Gasteiger partial charge in [0.15, 0.2) is 11.5 Å². The maximum Gasteiger partial charge on any atom is 0.335 e. The summed E-state index contributed by atoms with van der Waals surface area (Å²) in [6.45, 7) is 2.26. The van der Waals surface area contributed by atoms with Crippen LogP contribution in [0.4, 0.5) is 0 Å². The summed E-state index contributed by atoms with van der Waals surface area (Å²) < 4.78 is 11.3. The number of aliphatic hydroxyl groups excluding tert-OH is 1. The number of piperazine rings is 1. The van der Waals surface area contributed by atoms with Gasteiger partial charge in [0.05, 0.1) is 18.8 Å². The van der Waals surface area contributed by atoms with Crippen molar-refractivity contribution in [2.45, 2.75) is 75.7 Å². The maximum atomic E-state index is 14.1. The van der Waals surface area contributed by atoms with Crippen LogP contribution in [0.25, 0.3) is 0 Å². The molecule has 3 N–H and O–H groups in total. The van der Waals surface area contributed by atoms with Crippen molar-refractivity contribution in [3.05, 3.63) is 89.5 Å². The highest BCUT2D eigenvalue weighted by molar-refractivity contribution is 6.00. The van der Waals surface area contributed by atoms with Crippen LogP contribution in [0.1, 0.15) is 66.4 Å². The molecule has 3 aromatic carbocycles. The highest BCUT2D eigenvalue weighted by atomic mass is 16.5. The first-order valence-corrected chi connectivity index (χ1v) is 16.5. The fourth-order valence-electron chi connectivity index (χ4n) is 7.32. The molecule has 10 nitrogen and oxygen atoms in total. The first-order chi connectivity index (χ1) is 22.8. The van der Waals surface area contributed by atoms with E-state index in [2.05, 4.69) is 10.2 Å². The standard InChI is InChI=1S/C37H43N3O7/c1-46-31-22-28(35(43)44)14-17-30(31)47-29-15-12-26(13-16-29)23-39-20-18-37(19-21-39)36(45)38-32(33(41)27-10-6-3-7-11-27)34(42)40(37)24-25-8-4-2-5-9-25/h2,4-5,8-9,12-17,22,27,32-33,41H,3,6-7,10-11,18-21,23-24H2,1H3,(H,38,45)(H,43,44)/t32-,33-/m1/s1. The molecular formula is C37H43N3O7. The number of methoxy groups -OCH3 is 1. The summed E-state index contributed by atoms with van der Waals surface area (Å²) in [5, 5.41) is 23.6. The average molecular weight is 642 g/mol. The van der Waals surface area contributed by atoms with Gasteiger partial charge in [0.2, 0.25) is 11.8 Å². The number of amides is 2. The Bertz CT molecular complexity index is 1560. The quantitative estimate of drug-likeness (QED) is 0.283. The number of ether oxygens (including phenoxy) is 2. The summed E-state index contributed by atoms with van der Waals surface area (Å²) in [5.74, 6) is -0.0424. The van der Waals surface area contributed by atoms with Crippen molar-refractivity contribution in [1.82, 2.24) is 15.1 Å². The number of aliphatic hydroxyl groups is 1. The Labute approximate surface area is 275 Å². The number of likely N-dealkylation sites (tertiary alicyclic amines) is 1. The fraction of sp³-hybridized carbons (Fsp3) is 0.432. The Morgan fingerprint density at radius 3 is 2.26 bits per heavy atom. The number of benzene rings is 3. The Hall–Kier alpha value is -4.41. The van der Waals surface area contributed by atoms with E-state index in [-0.39, 0.29) is 23.3 Å². The van der Waals surface area contributed by atoms with Crippen molar-refractivity contribution >= 4 is 17.8 Å². The molecule has 2 saturated heterocycles. The summed E-state index contributed by atoms with van der Waals surface area (Å²) >= 11 is 0. The largest absolute Gasteiger partial charge is 0.493 e. The predicted molar refractivity (Wildman–Crippen MR) is 175 cm³/mol. The van der Waals surface area contributed by atoms with Crippen LogP contribution in [-0.4, -0.2) is 75.7 Å². The molecule has 3 fully saturated rings. The molecule has 2 heterocycles. The molecule has 10 heteroatoms. The monoisotopic (exact) mass is 641 g/mol. The molecule has 1 aliphatic carbocycles. The fourth-order valence-corrected chi connectivity index (χ4v) is 7.32. The van der Waals surface area contributed by atoms with Crippen LogP contribution in [0.3, 0.4) is 0 Å². The summed E-state index contributed by atoms with van der Waals surface area (Å²) in [6.07, 6.45) is 5.08. The van der Waals surface area contributed by atoms with E-state index >= 15 is 0 Å². The van der Waals surface area contributed by atoms with Crippen LogP contribution in [0.5, 0.6) is 17.2 Å². The molecule has 2 aliphatic heterocycles. The number of hydrogen-bond donors (Lipinski definition) is 3. The summed E-state index contributed by atoms with van der Waals surface area (Å²) in [7, 11) is 1.46. The molecule has 3 aliphatic rings. The highest BCUT2D eigenvalue weighted by Gasteiger charge is 2.55. The first kappa shape index (κ1) is 32.5. The number of carbonyl (C=O) groups excluding carboxylic acids is 2. The SMILES string of the molecule is COc1cc(C(=O)O)ccc1Oc1ccc(CN2CCC3(CC2)C(=O)N[C@H]([C@H](O)C2CCCCC2)C(=O)N3Cc2ccccc2)cc1. The van der Waals surface area contributed by atoms with Crippen molar-refractivity contribution in [1.29, 1.82) is 0 Å². The van der Waals surface area contributed by atoms with Crippen molar-refractivity contribution in [3.8, 4) is 17.2 Å². The zero-order valence-corrected chi connectivity index (χ0v) is 26.8. The predicted octanol–water partition coefficient (Wildman–Crippen LogP) is 4.99. The van der Waals surface area contributed by atoms with E-state index in [1.807, 2.05) is 54.6 Å². The maximum absolute atomic E-state index is 14.1. The van der Waals surface area contributed by atoms with Crippen molar-refractivity contribution < 1.29 is 34.1 Å². The molecule has 0 radical (unpaired) electrons. The van der Waals surface area contributed by atoms with Crippen LogP contribution < -0.4 is 14.8 Å². The molecule has 3 aromatic rings. The van der Waals surface area contributed by atoms with Gasteiger partial charge in [0, 0.05) is 26.2 Å². The number of piperidine rings is 1. The van der Waals surface area contributed by atoms with Gasteiger partial charge in [-0.3, -0.25) is 14.5 Å². The molecule has 6 rings (SSSR count). The molecule has 2 atom stereocenters. The number of nitrogens with zero attached hydrogens (tertiary/aromatic N) is 2. The molecule has 1 saturated carbocycles. The van der Waals surface area contributed by atoms with E-state index in [0.717, 1.165) is 43.2 Å². The number of carbonyl (C=O) groups is 3. The van der Waals surface area contributed by atoms with E-state index in [1.54, 1.807) is 11.0 Å². The molecule has 0 aromatic heterocycles.